The summed E-state index contributed by atoms with van der Waals surface area (Å²) in [7, 11) is 4.65. The molecule has 11 heteroatoms. The lowest BCUT2D eigenvalue weighted by molar-refractivity contribution is -0.128. The standard InChI is InChI=1S/C28H27N3O7S/c1-34-19-7-5-18(6-8-19)29-28-31(15-17-4-10-23-24(12-17)38-16-37-23)27(33)25(39-28)14-26(32)30-21-13-20(35-2)9-11-22(21)36-3/h4-13,25H,14-16H2,1-3H3,(H,30,32). The number of hydrogen-bond acceptors (Lipinski definition) is 9. The fourth-order valence-electron chi connectivity index (χ4n) is 4.14. The molecule has 0 radical (unpaired) electrons. The normalized spacial score (nSPS) is 16.9. The number of methoxy groups -OCH3 is 3. The van der Waals surface area contributed by atoms with Crippen LogP contribution in [0.25, 0.3) is 0 Å². The fourth-order valence-corrected chi connectivity index (χ4v) is 5.30. The van der Waals surface area contributed by atoms with Gasteiger partial charge in [-0.05, 0) is 54.1 Å². The van der Waals surface area contributed by atoms with Crippen LogP contribution in [0.4, 0.5) is 11.4 Å². The summed E-state index contributed by atoms with van der Waals surface area (Å²) in [6.07, 6.45) is -0.0524. The van der Waals surface area contributed by atoms with Crippen molar-refractivity contribution in [2.75, 3.05) is 33.4 Å². The highest BCUT2D eigenvalue weighted by molar-refractivity contribution is 8.15. The molecule has 39 heavy (non-hydrogen) atoms. The van der Waals surface area contributed by atoms with Crippen LogP contribution in [0, 0.1) is 0 Å². The van der Waals surface area contributed by atoms with E-state index in [1.165, 1.54) is 18.9 Å². The molecule has 1 atom stereocenters. The quantitative estimate of drug-likeness (QED) is 0.413. The second-order valence-corrected chi connectivity index (χ2v) is 9.80. The molecule has 2 amide bonds. The highest BCUT2D eigenvalue weighted by Gasteiger charge is 2.39. The Morgan fingerprint density at radius 2 is 1.72 bits per heavy atom. The first-order valence-corrected chi connectivity index (χ1v) is 13.0. The number of amides is 2. The average molecular weight is 550 g/mol. The highest BCUT2D eigenvalue weighted by Crippen LogP contribution is 2.37. The van der Waals surface area contributed by atoms with Gasteiger partial charge in [-0.25, -0.2) is 4.99 Å². The molecule has 0 bridgehead atoms. The Hall–Kier alpha value is -4.38. The van der Waals surface area contributed by atoms with Crippen molar-refractivity contribution in [1.82, 2.24) is 4.90 Å². The number of ether oxygens (including phenoxy) is 5. The molecule has 0 saturated carbocycles. The zero-order valence-corrected chi connectivity index (χ0v) is 22.4. The van der Waals surface area contributed by atoms with Gasteiger partial charge >= 0.3 is 0 Å². The molecule has 2 aliphatic rings. The number of carbonyl (C=O) groups excluding carboxylic acids is 2. The summed E-state index contributed by atoms with van der Waals surface area (Å²) in [4.78, 5) is 32.9. The highest BCUT2D eigenvalue weighted by atomic mass is 32.2. The number of rotatable bonds is 9. The van der Waals surface area contributed by atoms with Crippen LogP contribution in [-0.4, -0.2) is 55.3 Å². The molecule has 3 aromatic carbocycles. The first kappa shape index (κ1) is 26.2. The molecule has 1 N–H and O–H groups in total. The van der Waals surface area contributed by atoms with E-state index in [2.05, 4.69) is 5.32 Å². The van der Waals surface area contributed by atoms with Crippen molar-refractivity contribution in [2.24, 2.45) is 4.99 Å². The van der Waals surface area contributed by atoms with Gasteiger partial charge in [0.15, 0.2) is 16.7 Å². The summed E-state index contributed by atoms with van der Waals surface area (Å²) in [5, 5.41) is 2.68. The van der Waals surface area contributed by atoms with Crippen LogP contribution in [0.1, 0.15) is 12.0 Å². The Kier molecular flexibility index (Phi) is 7.78. The molecule has 1 saturated heterocycles. The van der Waals surface area contributed by atoms with Crippen molar-refractivity contribution in [3.05, 3.63) is 66.2 Å². The molecule has 202 valence electrons. The lowest BCUT2D eigenvalue weighted by Crippen LogP contribution is -2.33. The van der Waals surface area contributed by atoms with Crippen LogP contribution < -0.4 is 29.0 Å². The zero-order valence-electron chi connectivity index (χ0n) is 21.6. The maximum Gasteiger partial charge on any atom is 0.242 e. The number of carbonyl (C=O) groups is 2. The predicted octanol–water partition coefficient (Wildman–Crippen LogP) is 4.60. The van der Waals surface area contributed by atoms with Crippen LogP contribution in [0.15, 0.2) is 65.7 Å². The van der Waals surface area contributed by atoms with Gasteiger partial charge in [-0.2, -0.15) is 0 Å². The minimum atomic E-state index is -0.660. The second-order valence-electron chi connectivity index (χ2n) is 8.63. The Labute approximate surface area is 229 Å². The smallest absolute Gasteiger partial charge is 0.242 e. The summed E-state index contributed by atoms with van der Waals surface area (Å²) in [5.74, 6) is 2.51. The molecule has 0 aliphatic carbocycles. The van der Waals surface area contributed by atoms with E-state index in [4.69, 9.17) is 28.7 Å². The largest absolute Gasteiger partial charge is 0.497 e. The number of fused-ring (bicyclic) bond motifs is 1. The number of thioether (sulfide) groups is 1. The van der Waals surface area contributed by atoms with Crippen LogP contribution in [0.5, 0.6) is 28.7 Å². The van der Waals surface area contributed by atoms with Crippen LogP contribution >= 0.6 is 11.8 Å². The van der Waals surface area contributed by atoms with E-state index < -0.39 is 5.25 Å². The molecule has 1 unspecified atom stereocenters. The van der Waals surface area contributed by atoms with Crippen molar-refractivity contribution < 1.29 is 33.3 Å². The van der Waals surface area contributed by atoms with E-state index in [0.717, 1.165) is 5.56 Å². The van der Waals surface area contributed by atoms with Crippen molar-refractivity contribution in [1.29, 1.82) is 0 Å². The number of hydrogen-bond donors (Lipinski definition) is 1. The van der Waals surface area contributed by atoms with E-state index in [0.29, 0.717) is 45.3 Å². The molecule has 0 spiro atoms. The van der Waals surface area contributed by atoms with E-state index in [1.54, 1.807) is 49.5 Å². The van der Waals surface area contributed by atoms with Gasteiger partial charge in [-0.1, -0.05) is 17.8 Å². The number of benzene rings is 3. The van der Waals surface area contributed by atoms with E-state index in [-0.39, 0.29) is 31.6 Å². The molecule has 1 fully saturated rings. The van der Waals surface area contributed by atoms with Gasteiger partial charge in [-0.15, -0.1) is 0 Å². The van der Waals surface area contributed by atoms with Gasteiger partial charge in [-0.3, -0.25) is 14.5 Å². The lowest BCUT2D eigenvalue weighted by Gasteiger charge is -2.17. The van der Waals surface area contributed by atoms with E-state index >= 15 is 0 Å². The predicted molar refractivity (Wildman–Crippen MR) is 147 cm³/mol. The van der Waals surface area contributed by atoms with Gasteiger partial charge < -0.3 is 29.0 Å². The van der Waals surface area contributed by atoms with Gasteiger partial charge in [0, 0.05) is 12.5 Å². The Bertz CT molecular complexity index is 1410. The summed E-state index contributed by atoms with van der Waals surface area (Å²) in [6.45, 7) is 0.427. The average Bonchev–Trinajstić information content (AvgIpc) is 3.53. The molecule has 3 aromatic rings. The van der Waals surface area contributed by atoms with Crippen LogP contribution in [0.3, 0.4) is 0 Å². The minimum Gasteiger partial charge on any atom is -0.497 e. The monoisotopic (exact) mass is 549 g/mol. The lowest BCUT2D eigenvalue weighted by atomic mass is 10.1. The summed E-state index contributed by atoms with van der Waals surface area (Å²) in [6, 6.07) is 17.9. The van der Waals surface area contributed by atoms with Gasteiger partial charge in [0.1, 0.15) is 22.5 Å². The summed E-state index contributed by atoms with van der Waals surface area (Å²) in [5.41, 5.74) is 1.97. The number of amidine groups is 1. The first-order chi connectivity index (χ1) is 19.0. The van der Waals surface area contributed by atoms with Gasteiger partial charge in [0.25, 0.3) is 0 Å². The molecule has 10 nitrogen and oxygen atoms in total. The van der Waals surface area contributed by atoms with Crippen LogP contribution in [0.2, 0.25) is 0 Å². The molecular formula is C28H27N3O7S. The minimum absolute atomic E-state index is 0.0524. The Morgan fingerprint density at radius 3 is 2.46 bits per heavy atom. The number of nitrogens with zero attached hydrogens (tertiary/aromatic N) is 2. The Balaban J connectivity index is 1.37. The topological polar surface area (TPSA) is 108 Å². The molecule has 2 aliphatic heterocycles. The van der Waals surface area contributed by atoms with Gasteiger partial charge in [0.2, 0.25) is 18.6 Å². The summed E-state index contributed by atoms with van der Waals surface area (Å²) < 4.78 is 26.7. The fraction of sp³-hybridized carbons (Fsp3) is 0.250. The SMILES string of the molecule is COc1ccc(N=C2SC(CC(=O)Nc3cc(OC)ccc3OC)C(=O)N2Cc2ccc3c(c2)OCO3)cc1. The van der Waals surface area contributed by atoms with E-state index in [1.807, 2.05) is 30.3 Å². The number of aliphatic imine (C=N–C) groups is 1. The van der Waals surface area contributed by atoms with Crippen molar-refractivity contribution in [3.8, 4) is 28.7 Å². The number of nitrogens with one attached hydrogen (secondary N) is 1. The molecule has 2 heterocycles. The maximum absolute atomic E-state index is 13.6. The van der Waals surface area contributed by atoms with Crippen molar-refractivity contribution in [3.63, 3.8) is 0 Å². The second kappa shape index (κ2) is 11.6. The van der Waals surface area contributed by atoms with Crippen molar-refractivity contribution in [2.45, 2.75) is 18.2 Å². The first-order valence-electron chi connectivity index (χ1n) is 12.1. The maximum atomic E-state index is 13.6. The molecule has 5 rings (SSSR count). The van der Waals surface area contributed by atoms with Gasteiger partial charge in [0.05, 0.1) is 39.2 Å². The third kappa shape index (κ3) is 5.88. The zero-order chi connectivity index (χ0) is 27.4. The Morgan fingerprint density at radius 1 is 0.974 bits per heavy atom. The molecular weight excluding hydrogens is 522 g/mol. The van der Waals surface area contributed by atoms with E-state index in [9.17, 15) is 9.59 Å². The van der Waals surface area contributed by atoms with Crippen molar-refractivity contribution >= 4 is 40.1 Å². The third-order valence-electron chi connectivity index (χ3n) is 6.15. The third-order valence-corrected chi connectivity index (χ3v) is 7.32. The number of anilines is 1. The molecule has 0 aromatic heterocycles. The summed E-state index contributed by atoms with van der Waals surface area (Å²) >= 11 is 1.26. The van der Waals surface area contributed by atoms with Crippen LogP contribution in [-0.2, 0) is 16.1 Å².